The minimum Gasteiger partial charge on any atom is -0.343 e. The predicted molar refractivity (Wildman–Crippen MR) is 93.2 cm³/mol. The summed E-state index contributed by atoms with van der Waals surface area (Å²) in [5.74, 6) is -1.23. The number of hydrogen-bond donors (Lipinski definition) is 0. The number of carbonyl (C=O) groups is 1. The molecule has 1 aliphatic rings. The molecule has 1 aliphatic carbocycles. The second-order valence-corrected chi connectivity index (χ2v) is 7.20. The number of nitrogens with zero attached hydrogens (tertiary/aromatic N) is 5. The molecule has 1 saturated carbocycles. The van der Waals surface area contributed by atoms with Gasteiger partial charge in [-0.3, -0.25) is 4.79 Å². The zero-order chi connectivity index (χ0) is 19.8. The van der Waals surface area contributed by atoms with E-state index in [9.17, 15) is 18.0 Å². The van der Waals surface area contributed by atoms with Gasteiger partial charge in [0.25, 0.3) is 11.6 Å². The quantitative estimate of drug-likeness (QED) is 0.811. The Morgan fingerprint density at radius 3 is 2.48 bits per heavy atom. The van der Waals surface area contributed by atoms with E-state index in [-0.39, 0.29) is 11.7 Å². The lowest BCUT2D eigenvalue weighted by atomic mass is 9.94. The van der Waals surface area contributed by atoms with Crippen LogP contribution in [-0.2, 0) is 17.4 Å². The van der Waals surface area contributed by atoms with Gasteiger partial charge >= 0.3 is 6.18 Å². The van der Waals surface area contributed by atoms with Gasteiger partial charge in [0.05, 0.1) is 0 Å². The molecule has 1 fully saturated rings. The highest BCUT2D eigenvalue weighted by Crippen LogP contribution is 2.27. The number of rotatable bonds is 4. The summed E-state index contributed by atoms with van der Waals surface area (Å²) in [6, 6.07) is 0.290. The highest BCUT2D eigenvalue weighted by molar-refractivity contribution is 5.76. The van der Waals surface area contributed by atoms with E-state index in [2.05, 4.69) is 15.1 Å². The van der Waals surface area contributed by atoms with Crippen molar-refractivity contribution in [2.24, 2.45) is 0 Å². The Kier molecular flexibility index (Phi) is 5.39. The van der Waals surface area contributed by atoms with Gasteiger partial charge in [-0.2, -0.15) is 18.2 Å². The van der Waals surface area contributed by atoms with Gasteiger partial charge in [0.1, 0.15) is 0 Å². The van der Waals surface area contributed by atoms with Crippen LogP contribution >= 0.6 is 0 Å². The van der Waals surface area contributed by atoms with Crippen LogP contribution in [0.15, 0.2) is 0 Å². The third-order valence-corrected chi connectivity index (χ3v) is 5.41. The lowest BCUT2D eigenvalue weighted by molar-refractivity contribution is -0.144. The normalized spacial score (nSPS) is 16.1. The predicted octanol–water partition coefficient (Wildman–Crippen LogP) is 3.48. The smallest absolute Gasteiger partial charge is 0.343 e. The number of halogens is 3. The Morgan fingerprint density at radius 2 is 1.85 bits per heavy atom. The maximum Gasteiger partial charge on any atom is 0.453 e. The Morgan fingerprint density at radius 1 is 1.19 bits per heavy atom. The molecule has 3 rings (SSSR count). The van der Waals surface area contributed by atoms with Crippen LogP contribution in [0.25, 0.3) is 5.78 Å². The van der Waals surface area contributed by atoms with Crippen LogP contribution in [0, 0.1) is 13.8 Å². The van der Waals surface area contributed by atoms with Crippen molar-refractivity contribution < 1.29 is 18.0 Å². The van der Waals surface area contributed by atoms with E-state index < -0.39 is 12.0 Å². The van der Waals surface area contributed by atoms with Gasteiger partial charge in [-0.1, -0.05) is 19.3 Å². The first-order chi connectivity index (χ1) is 12.7. The largest absolute Gasteiger partial charge is 0.453 e. The van der Waals surface area contributed by atoms with E-state index in [1.165, 1.54) is 6.42 Å². The maximum absolute atomic E-state index is 12.9. The molecule has 1 amide bonds. The molecule has 0 N–H and O–H groups in total. The van der Waals surface area contributed by atoms with Gasteiger partial charge in [-0.15, -0.1) is 5.10 Å². The van der Waals surface area contributed by atoms with Crippen molar-refractivity contribution in [2.75, 3.05) is 7.05 Å². The molecule has 6 nitrogen and oxygen atoms in total. The fourth-order valence-electron chi connectivity index (χ4n) is 3.77. The van der Waals surface area contributed by atoms with Crippen molar-refractivity contribution in [2.45, 2.75) is 71.0 Å². The average molecular weight is 383 g/mol. The third kappa shape index (κ3) is 4.06. The van der Waals surface area contributed by atoms with E-state index in [4.69, 9.17) is 0 Å². The van der Waals surface area contributed by atoms with Crippen LogP contribution in [0.4, 0.5) is 13.2 Å². The summed E-state index contributed by atoms with van der Waals surface area (Å²) in [7, 11) is 1.84. The molecule has 0 spiro atoms. The van der Waals surface area contributed by atoms with Crippen LogP contribution in [0.2, 0.25) is 0 Å². The first-order valence-corrected chi connectivity index (χ1v) is 9.24. The second kappa shape index (κ2) is 7.44. The summed E-state index contributed by atoms with van der Waals surface area (Å²) in [4.78, 5) is 22.0. The van der Waals surface area contributed by atoms with Gasteiger partial charge in [0.15, 0.2) is 0 Å². The van der Waals surface area contributed by atoms with E-state index in [1.807, 2.05) is 11.9 Å². The third-order valence-electron chi connectivity index (χ3n) is 5.41. The minimum atomic E-state index is -4.62. The Labute approximate surface area is 155 Å². The van der Waals surface area contributed by atoms with Crippen LogP contribution in [0.3, 0.4) is 0 Å². The number of aromatic nitrogens is 4. The van der Waals surface area contributed by atoms with Crippen LogP contribution in [-0.4, -0.2) is 43.5 Å². The Balaban J connectivity index is 1.77. The number of fused-ring (bicyclic) bond motifs is 1. The van der Waals surface area contributed by atoms with Crippen molar-refractivity contribution in [3.05, 3.63) is 22.8 Å². The monoisotopic (exact) mass is 383 g/mol. The average Bonchev–Trinajstić information content (AvgIpc) is 3.06. The van der Waals surface area contributed by atoms with Crippen LogP contribution in [0.1, 0.15) is 61.3 Å². The highest BCUT2D eigenvalue weighted by atomic mass is 19.4. The summed E-state index contributed by atoms with van der Waals surface area (Å²) < 4.78 is 39.7. The molecule has 2 heterocycles. The molecule has 27 heavy (non-hydrogen) atoms. The van der Waals surface area contributed by atoms with Gasteiger partial charge in [-0.25, -0.2) is 9.50 Å². The van der Waals surface area contributed by atoms with E-state index in [0.717, 1.165) is 35.8 Å². The molecule has 0 aliphatic heterocycles. The van der Waals surface area contributed by atoms with Crippen LogP contribution < -0.4 is 0 Å². The molecule has 0 atom stereocenters. The van der Waals surface area contributed by atoms with Gasteiger partial charge in [0.2, 0.25) is 5.91 Å². The first-order valence-electron chi connectivity index (χ1n) is 9.24. The van der Waals surface area contributed by atoms with Gasteiger partial charge in [0, 0.05) is 30.9 Å². The first kappa shape index (κ1) is 19.6. The highest BCUT2D eigenvalue weighted by Gasteiger charge is 2.37. The van der Waals surface area contributed by atoms with Gasteiger partial charge in [-0.05, 0) is 38.7 Å². The van der Waals surface area contributed by atoms with Crippen molar-refractivity contribution in [3.63, 3.8) is 0 Å². The molecule has 0 saturated heterocycles. The molecule has 0 radical (unpaired) electrons. The summed E-state index contributed by atoms with van der Waals surface area (Å²) in [5, 5.41) is 3.54. The van der Waals surface area contributed by atoms with Crippen molar-refractivity contribution >= 4 is 11.7 Å². The molecule has 0 unspecified atom stereocenters. The topological polar surface area (TPSA) is 63.4 Å². The molecule has 0 aromatic carbocycles. The Bertz CT molecular complexity index is 840. The lowest BCUT2D eigenvalue weighted by Gasteiger charge is -2.31. The summed E-state index contributed by atoms with van der Waals surface area (Å²) in [6.45, 7) is 3.40. The number of hydrogen-bond acceptors (Lipinski definition) is 4. The van der Waals surface area contributed by atoms with Crippen molar-refractivity contribution in [1.29, 1.82) is 0 Å². The lowest BCUT2D eigenvalue weighted by Crippen LogP contribution is -2.38. The molecular weight excluding hydrogens is 359 g/mol. The molecule has 2 aromatic heterocycles. The zero-order valence-electron chi connectivity index (χ0n) is 15.8. The number of aryl methyl sites for hydroxylation is 2. The SMILES string of the molecule is Cc1nc2nc(C(F)(F)F)nn2c(C)c1CCC(=O)N(C)C1CCCCC1. The molecule has 148 valence electrons. The molecular formula is C18H24F3N5O. The zero-order valence-corrected chi connectivity index (χ0v) is 15.8. The van der Waals surface area contributed by atoms with E-state index in [0.29, 0.717) is 30.3 Å². The maximum atomic E-state index is 12.9. The molecule has 9 heteroatoms. The van der Waals surface area contributed by atoms with Gasteiger partial charge < -0.3 is 4.90 Å². The summed E-state index contributed by atoms with van der Waals surface area (Å²) >= 11 is 0. The standard InChI is InChI=1S/C18H24F3N5O/c1-11-14(9-10-15(27)25(3)13-7-5-4-6-8-13)12(2)26-17(22-11)23-16(24-26)18(19,20)21/h13H,4-10H2,1-3H3. The number of amides is 1. The molecule has 0 bridgehead atoms. The second-order valence-electron chi connectivity index (χ2n) is 7.20. The van der Waals surface area contributed by atoms with Crippen LogP contribution in [0.5, 0.6) is 0 Å². The summed E-state index contributed by atoms with van der Waals surface area (Å²) in [6.07, 6.45) is 1.68. The van der Waals surface area contributed by atoms with Crippen molar-refractivity contribution in [1.82, 2.24) is 24.5 Å². The summed E-state index contributed by atoms with van der Waals surface area (Å²) in [5.41, 5.74) is 1.86. The van der Waals surface area contributed by atoms with Crippen molar-refractivity contribution in [3.8, 4) is 0 Å². The minimum absolute atomic E-state index is 0.0513. The fraction of sp³-hybridized carbons (Fsp3) is 0.667. The molecule has 2 aromatic rings. The Hall–Kier alpha value is -2.19. The van der Waals surface area contributed by atoms with E-state index >= 15 is 0 Å². The van der Waals surface area contributed by atoms with E-state index in [1.54, 1.807) is 13.8 Å². The number of alkyl halides is 3. The number of carbonyl (C=O) groups excluding carboxylic acids is 1. The fourth-order valence-corrected chi connectivity index (χ4v) is 3.77.